The van der Waals surface area contributed by atoms with Gasteiger partial charge in [0.25, 0.3) is 10.0 Å². The molecule has 1 N–H and O–H groups in total. The Balaban J connectivity index is 1.69. The molecule has 0 radical (unpaired) electrons. The molecule has 2 aromatic rings. The van der Waals surface area contributed by atoms with Crippen LogP contribution in [0.3, 0.4) is 0 Å². The number of benzene rings is 1. The summed E-state index contributed by atoms with van der Waals surface area (Å²) in [5.41, 5.74) is 1.96. The van der Waals surface area contributed by atoms with Crippen molar-refractivity contribution in [2.24, 2.45) is 0 Å². The van der Waals surface area contributed by atoms with Crippen LogP contribution < -0.4 is 0 Å². The molecule has 1 unspecified atom stereocenters. The third-order valence-electron chi connectivity index (χ3n) is 5.32. The van der Waals surface area contributed by atoms with E-state index in [1.54, 1.807) is 22.4 Å². The number of nitrogens with zero attached hydrogens (tertiary/aromatic N) is 2. The normalized spacial score (nSPS) is 21.8. The summed E-state index contributed by atoms with van der Waals surface area (Å²) in [6.07, 6.45) is 1.06. The number of aliphatic hydroxyl groups is 1. The molecular formula is C19H22N2O4S2. The highest BCUT2D eigenvalue weighted by Crippen LogP contribution is 2.32. The molecule has 1 atom stereocenters. The first-order valence-electron chi connectivity index (χ1n) is 9.06. The number of hydrogen-bond donors (Lipinski definition) is 1. The fourth-order valence-electron chi connectivity index (χ4n) is 3.78. The van der Waals surface area contributed by atoms with Gasteiger partial charge in [-0.3, -0.25) is 4.79 Å². The Kier molecular flexibility index (Phi) is 5.07. The van der Waals surface area contributed by atoms with Gasteiger partial charge in [0.05, 0.1) is 6.10 Å². The number of rotatable bonds is 3. The van der Waals surface area contributed by atoms with Crippen molar-refractivity contribution >= 4 is 27.3 Å². The van der Waals surface area contributed by atoms with Gasteiger partial charge in [0.1, 0.15) is 10.3 Å². The van der Waals surface area contributed by atoms with Gasteiger partial charge in [-0.1, -0.05) is 30.3 Å². The first kappa shape index (κ1) is 18.6. The number of carbonyl (C=O) groups is 1. The van der Waals surface area contributed by atoms with E-state index >= 15 is 0 Å². The van der Waals surface area contributed by atoms with Crippen molar-refractivity contribution in [2.75, 3.05) is 13.1 Å². The van der Waals surface area contributed by atoms with E-state index in [0.29, 0.717) is 32.4 Å². The van der Waals surface area contributed by atoms with Gasteiger partial charge in [-0.25, -0.2) is 8.42 Å². The smallest absolute Gasteiger partial charge is 0.253 e. The maximum Gasteiger partial charge on any atom is 0.253 e. The van der Waals surface area contributed by atoms with Gasteiger partial charge in [0.2, 0.25) is 5.91 Å². The second-order valence-corrected chi connectivity index (χ2v) is 10.1. The minimum absolute atomic E-state index is 0.170. The molecule has 27 heavy (non-hydrogen) atoms. The van der Waals surface area contributed by atoms with E-state index in [2.05, 4.69) is 0 Å². The molecule has 0 spiro atoms. The summed E-state index contributed by atoms with van der Waals surface area (Å²) in [6.45, 7) is 1.12. The second-order valence-electron chi connectivity index (χ2n) is 7.03. The molecule has 1 aromatic carbocycles. The average Bonchev–Trinajstić information content (AvgIpc) is 3.23. The van der Waals surface area contributed by atoms with Crippen LogP contribution in [-0.4, -0.2) is 53.9 Å². The lowest BCUT2D eigenvalue weighted by molar-refractivity contribution is -0.137. The first-order chi connectivity index (χ1) is 13.0. The Hall–Kier alpha value is -1.74. The van der Waals surface area contributed by atoms with Gasteiger partial charge in [-0.15, -0.1) is 11.3 Å². The number of hydrogen-bond acceptors (Lipinski definition) is 5. The average molecular weight is 407 g/mol. The molecule has 0 saturated carbocycles. The highest BCUT2D eigenvalue weighted by Gasteiger charge is 2.42. The van der Waals surface area contributed by atoms with Gasteiger partial charge < -0.3 is 10.0 Å². The molecule has 0 aliphatic carbocycles. The summed E-state index contributed by atoms with van der Waals surface area (Å²) in [7, 11) is -3.75. The Morgan fingerprint density at radius 2 is 1.78 bits per heavy atom. The van der Waals surface area contributed by atoms with E-state index in [0.717, 1.165) is 11.1 Å². The molecule has 2 aliphatic heterocycles. The van der Waals surface area contributed by atoms with Crippen molar-refractivity contribution < 1.29 is 18.3 Å². The van der Waals surface area contributed by atoms with Crippen LogP contribution in [0, 0.1) is 0 Å². The zero-order chi connectivity index (χ0) is 19.0. The van der Waals surface area contributed by atoms with E-state index in [1.165, 1.54) is 15.6 Å². The predicted octanol–water partition coefficient (Wildman–Crippen LogP) is 1.85. The summed E-state index contributed by atoms with van der Waals surface area (Å²) in [5.74, 6) is -0.170. The monoisotopic (exact) mass is 406 g/mol. The number of fused-ring (bicyclic) bond motifs is 1. The fourth-order valence-corrected chi connectivity index (χ4v) is 6.46. The van der Waals surface area contributed by atoms with Crippen LogP contribution in [0.2, 0.25) is 0 Å². The third kappa shape index (κ3) is 3.54. The number of carbonyl (C=O) groups excluding carboxylic acids is 1. The van der Waals surface area contributed by atoms with Crippen molar-refractivity contribution in [3.63, 3.8) is 0 Å². The molecule has 144 valence electrons. The Bertz CT molecular complexity index is 919. The molecule has 1 aromatic heterocycles. The standard InChI is InChI=1S/C19H22N2O4S2/c22-16-7-9-20(10-8-16)19(23)17-12-14-4-1-2-5-15(14)13-21(17)27(24,25)18-6-3-11-26-18/h1-6,11,16-17,22H,7-10,12-13H2. The quantitative estimate of drug-likeness (QED) is 0.844. The highest BCUT2D eigenvalue weighted by atomic mass is 32.2. The van der Waals surface area contributed by atoms with Crippen LogP contribution in [0.4, 0.5) is 0 Å². The minimum Gasteiger partial charge on any atom is -0.393 e. The third-order valence-corrected chi connectivity index (χ3v) is 8.55. The van der Waals surface area contributed by atoms with Crippen LogP contribution >= 0.6 is 11.3 Å². The number of amides is 1. The van der Waals surface area contributed by atoms with Crippen LogP contribution in [0.1, 0.15) is 24.0 Å². The van der Waals surface area contributed by atoms with E-state index in [4.69, 9.17) is 0 Å². The maximum absolute atomic E-state index is 13.2. The highest BCUT2D eigenvalue weighted by molar-refractivity contribution is 7.91. The largest absolute Gasteiger partial charge is 0.393 e. The summed E-state index contributed by atoms with van der Waals surface area (Å²) < 4.78 is 28.1. The first-order valence-corrected chi connectivity index (χ1v) is 11.4. The van der Waals surface area contributed by atoms with Gasteiger partial charge in [0.15, 0.2) is 0 Å². The molecule has 4 rings (SSSR count). The molecule has 1 saturated heterocycles. The Labute approximate surface area is 163 Å². The van der Waals surface area contributed by atoms with E-state index in [1.807, 2.05) is 24.3 Å². The minimum atomic E-state index is -3.75. The number of likely N-dealkylation sites (tertiary alicyclic amines) is 1. The summed E-state index contributed by atoms with van der Waals surface area (Å²) >= 11 is 1.17. The molecule has 0 bridgehead atoms. The Morgan fingerprint density at radius 1 is 1.07 bits per heavy atom. The lowest BCUT2D eigenvalue weighted by atomic mass is 9.94. The van der Waals surface area contributed by atoms with Crippen molar-refractivity contribution in [2.45, 2.75) is 42.2 Å². The number of sulfonamides is 1. The van der Waals surface area contributed by atoms with Gasteiger partial charge >= 0.3 is 0 Å². The van der Waals surface area contributed by atoms with Crippen molar-refractivity contribution in [1.29, 1.82) is 0 Å². The number of aliphatic hydroxyl groups excluding tert-OH is 1. The van der Waals surface area contributed by atoms with Crippen molar-refractivity contribution in [1.82, 2.24) is 9.21 Å². The van der Waals surface area contributed by atoms with Crippen LogP contribution in [-0.2, 0) is 27.8 Å². The van der Waals surface area contributed by atoms with E-state index < -0.39 is 16.1 Å². The molecule has 6 nitrogen and oxygen atoms in total. The fraction of sp³-hybridized carbons (Fsp3) is 0.421. The lowest BCUT2D eigenvalue weighted by Crippen LogP contribution is -2.55. The molecule has 3 heterocycles. The van der Waals surface area contributed by atoms with Gasteiger partial charge in [0, 0.05) is 19.6 Å². The van der Waals surface area contributed by atoms with Gasteiger partial charge in [-0.2, -0.15) is 4.31 Å². The zero-order valence-electron chi connectivity index (χ0n) is 14.8. The van der Waals surface area contributed by atoms with E-state index in [9.17, 15) is 18.3 Å². The molecule has 1 amide bonds. The van der Waals surface area contributed by atoms with Crippen LogP contribution in [0.15, 0.2) is 46.0 Å². The maximum atomic E-state index is 13.2. The van der Waals surface area contributed by atoms with Crippen molar-refractivity contribution in [3.8, 4) is 0 Å². The summed E-state index contributed by atoms with van der Waals surface area (Å²) in [4.78, 5) is 14.9. The SMILES string of the molecule is O=C(C1Cc2ccccc2CN1S(=O)(=O)c1cccs1)N1CCC(O)CC1. The molecule has 1 fully saturated rings. The summed E-state index contributed by atoms with van der Waals surface area (Å²) in [5, 5.41) is 11.4. The predicted molar refractivity (Wildman–Crippen MR) is 103 cm³/mol. The molecular weight excluding hydrogens is 384 g/mol. The van der Waals surface area contributed by atoms with Crippen molar-refractivity contribution in [3.05, 3.63) is 52.9 Å². The lowest BCUT2D eigenvalue weighted by Gasteiger charge is -2.39. The topological polar surface area (TPSA) is 77.9 Å². The van der Waals surface area contributed by atoms with Crippen LogP contribution in [0.25, 0.3) is 0 Å². The van der Waals surface area contributed by atoms with Gasteiger partial charge in [-0.05, 0) is 41.8 Å². The summed E-state index contributed by atoms with van der Waals surface area (Å²) in [6, 6.07) is 10.2. The van der Waals surface area contributed by atoms with Crippen LogP contribution in [0.5, 0.6) is 0 Å². The molecule has 8 heteroatoms. The Morgan fingerprint density at radius 3 is 2.44 bits per heavy atom. The number of piperidine rings is 1. The second kappa shape index (κ2) is 7.35. The molecule has 2 aliphatic rings. The number of thiophene rings is 1. The zero-order valence-corrected chi connectivity index (χ0v) is 16.5. The van der Waals surface area contributed by atoms with E-state index in [-0.39, 0.29) is 22.8 Å².